The van der Waals surface area contributed by atoms with Gasteiger partial charge in [-0.25, -0.2) is 0 Å². The van der Waals surface area contributed by atoms with Crippen LogP contribution in [0.1, 0.15) is 36.1 Å². The van der Waals surface area contributed by atoms with Crippen molar-refractivity contribution in [2.75, 3.05) is 4.90 Å². The van der Waals surface area contributed by atoms with Crippen molar-refractivity contribution < 1.29 is 0 Å². The van der Waals surface area contributed by atoms with Gasteiger partial charge in [0.25, 0.3) is 0 Å². The Balaban J connectivity index is 1.28. The van der Waals surface area contributed by atoms with Crippen molar-refractivity contribution in [2.24, 2.45) is 0 Å². The summed E-state index contributed by atoms with van der Waals surface area (Å²) in [4.78, 5) is 2.51. The molecule has 1 aliphatic carbocycles. The van der Waals surface area contributed by atoms with E-state index in [0.717, 1.165) is 0 Å². The first kappa shape index (κ1) is 30.9. The van der Waals surface area contributed by atoms with Crippen LogP contribution in [-0.4, -0.2) is 0 Å². The lowest BCUT2D eigenvalue weighted by atomic mass is 9.81. The van der Waals surface area contributed by atoms with Crippen molar-refractivity contribution in [3.8, 4) is 33.4 Å². The third-order valence-corrected chi connectivity index (χ3v) is 12.0. The first-order chi connectivity index (χ1) is 26.6. The molecule has 0 saturated heterocycles. The Hall–Kier alpha value is -6.70. The average Bonchev–Trinajstić information content (AvgIpc) is 3.33. The van der Waals surface area contributed by atoms with Crippen LogP contribution in [0, 0.1) is 0 Å². The summed E-state index contributed by atoms with van der Waals surface area (Å²) in [5, 5.41) is 7.45. The molecule has 0 radical (unpaired) electrons. The van der Waals surface area contributed by atoms with E-state index in [0.29, 0.717) is 0 Å². The molecular formula is C53H37N. The zero-order chi connectivity index (χ0) is 36.0. The molecule has 0 fully saturated rings. The molecule has 0 aromatic heterocycles. The van der Waals surface area contributed by atoms with E-state index >= 15 is 0 Å². The fourth-order valence-corrected chi connectivity index (χ4v) is 9.44. The minimum absolute atomic E-state index is 0.0540. The highest BCUT2D eigenvalue weighted by Gasteiger charge is 2.35. The van der Waals surface area contributed by atoms with E-state index in [2.05, 4.69) is 207 Å². The smallest absolute Gasteiger partial charge is 0.0619 e. The Kier molecular flexibility index (Phi) is 6.66. The van der Waals surface area contributed by atoms with Crippen molar-refractivity contribution in [2.45, 2.75) is 19.3 Å². The van der Waals surface area contributed by atoms with Crippen LogP contribution in [0.15, 0.2) is 176 Å². The second-order valence-corrected chi connectivity index (χ2v) is 15.3. The van der Waals surface area contributed by atoms with Crippen LogP contribution in [-0.2, 0) is 5.41 Å². The van der Waals surface area contributed by atoms with Crippen LogP contribution >= 0.6 is 0 Å². The normalized spacial score (nSPS) is 13.8. The van der Waals surface area contributed by atoms with Gasteiger partial charge in [-0.1, -0.05) is 178 Å². The Morgan fingerprint density at radius 1 is 0.389 bits per heavy atom. The Morgan fingerprint density at radius 2 is 0.963 bits per heavy atom. The van der Waals surface area contributed by atoms with Crippen LogP contribution in [0.3, 0.4) is 0 Å². The second kappa shape index (κ2) is 11.7. The van der Waals surface area contributed by atoms with Crippen LogP contribution in [0.4, 0.5) is 17.1 Å². The molecule has 254 valence electrons. The molecule has 0 spiro atoms. The lowest BCUT2D eigenvalue weighted by Crippen LogP contribution is -2.14. The third kappa shape index (κ3) is 4.45. The molecule has 9 aromatic rings. The molecule has 1 heterocycles. The summed E-state index contributed by atoms with van der Waals surface area (Å²) in [6, 6.07) is 65.4. The average molecular weight is 688 g/mol. The number of fused-ring (bicyclic) bond motifs is 8. The SMILES string of the molecule is CC1(C)c2ccccc2-c2cc(-c3c4ccccc4c(N4c5ccccc5C=Cc5ccccc54)c4ccc(-c5cccc6ccccc56)cc34)ccc21. The predicted molar refractivity (Wildman–Crippen MR) is 231 cm³/mol. The quantitative estimate of drug-likeness (QED) is 0.167. The molecule has 0 unspecified atom stereocenters. The number of rotatable bonds is 3. The van der Waals surface area contributed by atoms with Gasteiger partial charge in [-0.05, 0) is 101 Å². The first-order valence-corrected chi connectivity index (χ1v) is 18.9. The highest BCUT2D eigenvalue weighted by Crippen LogP contribution is 2.54. The van der Waals surface area contributed by atoms with Crippen LogP contribution in [0.5, 0.6) is 0 Å². The summed E-state index contributed by atoms with van der Waals surface area (Å²) in [5.74, 6) is 0. The summed E-state index contributed by atoms with van der Waals surface area (Å²) in [7, 11) is 0. The monoisotopic (exact) mass is 687 g/mol. The highest BCUT2D eigenvalue weighted by molar-refractivity contribution is 6.24. The molecule has 1 aliphatic heterocycles. The fraction of sp³-hybridized carbons (Fsp3) is 0.0566. The minimum atomic E-state index is -0.0540. The Labute approximate surface area is 316 Å². The van der Waals surface area contributed by atoms with Crippen LogP contribution in [0.25, 0.3) is 77.9 Å². The molecule has 54 heavy (non-hydrogen) atoms. The van der Waals surface area contributed by atoms with Gasteiger partial charge < -0.3 is 4.90 Å². The van der Waals surface area contributed by atoms with Gasteiger partial charge in [0.15, 0.2) is 0 Å². The number of nitrogens with zero attached hydrogens (tertiary/aromatic N) is 1. The molecule has 2 aliphatic rings. The van der Waals surface area contributed by atoms with E-state index in [-0.39, 0.29) is 5.41 Å². The number of benzene rings is 9. The summed E-state index contributed by atoms with van der Waals surface area (Å²) in [6.07, 6.45) is 4.52. The maximum absolute atomic E-state index is 2.51. The zero-order valence-electron chi connectivity index (χ0n) is 30.3. The van der Waals surface area contributed by atoms with Gasteiger partial charge in [0, 0.05) is 16.2 Å². The van der Waals surface area contributed by atoms with E-state index < -0.39 is 0 Å². The van der Waals surface area contributed by atoms with Gasteiger partial charge >= 0.3 is 0 Å². The Morgan fingerprint density at radius 3 is 1.76 bits per heavy atom. The van der Waals surface area contributed by atoms with Gasteiger partial charge in [-0.15, -0.1) is 0 Å². The second-order valence-electron chi connectivity index (χ2n) is 15.3. The number of para-hydroxylation sites is 2. The third-order valence-electron chi connectivity index (χ3n) is 12.0. The molecule has 1 heteroatoms. The molecule has 0 atom stereocenters. The van der Waals surface area contributed by atoms with Gasteiger partial charge in [-0.2, -0.15) is 0 Å². The molecule has 0 amide bonds. The molecular weight excluding hydrogens is 651 g/mol. The summed E-state index contributed by atoms with van der Waals surface area (Å²) >= 11 is 0. The zero-order valence-corrected chi connectivity index (χ0v) is 30.3. The summed E-state index contributed by atoms with van der Waals surface area (Å²) in [6.45, 7) is 4.72. The first-order valence-electron chi connectivity index (χ1n) is 18.9. The maximum atomic E-state index is 2.51. The van der Waals surface area contributed by atoms with E-state index in [1.54, 1.807) is 0 Å². The van der Waals surface area contributed by atoms with Gasteiger partial charge in [-0.3, -0.25) is 0 Å². The summed E-state index contributed by atoms with van der Waals surface area (Å²) < 4.78 is 0. The van der Waals surface area contributed by atoms with Gasteiger partial charge in [0.2, 0.25) is 0 Å². The lowest BCUT2D eigenvalue weighted by Gasteiger charge is -2.31. The van der Waals surface area contributed by atoms with E-state index in [4.69, 9.17) is 0 Å². The van der Waals surface area contributed by atoms with E-state index in [1.807, 2.05) is 0 Å². The van der Waals surface area contributed by atoms with Gasteiger partial charge in [0.1, 0.15) is 0 Å². The maximum Gasteiger partial charge on any atom is 0.0619 e. The molecule has 9 aromatic carbocycles. The molecule has 11 rings (SSSR count). The van der Waals surface area contributed by atoms with Crippen LogP contribution in [0.2, 0.25) is 0 Å². The molecule has 0 saturated carbocycles. The molecule has 0 N–H and O–H groups in total. The lowest BCUT2D eigenvalue weighted by molar-refractivity contribution is 0.660. The number of hydrogen-bond acceptors (Lipinski definition) is 1. The minimum Gasteiger partial charge on any atom is -0.308 e. The van der Waals surface area contributed by atoms with Crippen molar-refractivity contribution >= 4 is 61.5 Å². The van der Waals surface area contributed by atoms with Crippen molar-refractivity contribution in [1.29, 1.82) is 0 Å². The van der Waals surface area contributed by atoms with E-state index in [1.165, 1.54) is 105 Å². The molecule has 1 nitrogen and oxygen atoms in total. The predicted octanol–water partition coefficient (Wildman–Crippen LogP) is 14.7. The fourth-order valence-electron chi connectivity index (χ4n) is 9.44. The molecule has 0 bridgehead atoms. The standard InChI is InChI=1S/C53H37N/c1-53(2)47-23-10-9-19-41(47)45-33-38(29-31-48(45)53)51-42-20-7-8-21-43(42)52(54-49-24-11-4-15-35(49)26-27-36-16-5-12-25-50(36)54)44-30-28-37(32-46(44)51)40-22-13-17-34-14-3-6-18-39(34)40/h3-33H,1-2H3. The van der Waals surface area contributed by atoms with Crippen molar-refractivity contribution in [3.63, 3.8) is 0 Å². The largest absolute Gasteiger partial charge is 0.308 e. The summed E-state index contributed by atoms with van der Waals surface area (Å²) in [5.41, 5.74) is 16.3. The number of anilines is 3. The highest BCUT2D eigenvalue weighted by atomic mass is 15.2. The van der Waals surface area contributed by atoms with E-state index in [9.17, 15) is 0 Å². The van der Waals surface area contributed by atoms with Crippen LogP contribution < -0.4 is 4.90 Å². The van der Waals surface area contributed by atoms with Crippen molar-refractivity contribution in [1.82, 2.24) is 0 Å². The topological polar surface area (TPSA) is 3.24 Å². The van der Waals surface area contributed by atoms with Gasteiger partial charge in [0.05, 0.1) is 17.1 Å². The Bertz CT molecular complexity index is 2980. The van der Waals surface area contributed by atoms with Crippen molar-refractivity contribution in [3.05, 3.63) is 198 Å². The number of hydrogen-bond donors (Lipinski definition) is 0.